The van der Waals surface area contributed by atoms with E-state index in [4.69, 9.17) is 4.74 Å². The average molecular weight is 413 g/mol. The summed E-state index contributed by atoms with van der Waals surface area (Å²) in [5, 5.41) is 2.77. The van der Waals surface area contributed by atoms with Gasteiger partial charge in [0.2, 0.25) is 0 Å². The zero-order valence-electron chi connectivity index (χ0n) is 13.9. The highest BCUT2D eigenvalue weighted by atomic mass is 79.9. The minimum Gasteiger partial charge on any atom is -0.488 e. The van der Waals surface area contributed by atoms with Crippen molar-refractivity contribution in [2.45, 2.75) is 19.5 Å². The molecule has 2 aromatic rings. The van der Waals surface area contributed by atoms with E-state index in [2.05, 4.69) is 21.2 Å². The van der Waals surface area contributed by atoms with Crippen molar-refractivity contribution < 1.29 is 18.3 Å². The van der Waals surface area contributed by atoms with E-state index in [1.807, 2.05) is 24.3 Å². The van der Waals surface area contributed by atoms with Crippen molar-refractivity contribution in [2.24, 2.45) is 0 Å². The first-order valence-corrected chi connectivity index (χ1v) is 8.48. The number of benzene rings is 2. The molecule has 0 bridgehead atoms. The fraction of sp³-hybridized carbons (Fsp3) is 0.278. The van der Waals surface area contributed by atoms with Crippen LogP contribution in [0.2, 0.25) is 0 Å². The summed E-state index contributed by atoms with van der Waals surface area (Å²) >= 11 is 3.36. The molecule has 0 saturated heterocycles. The summed E-state index contributed by atoms with van der Waals surface area (Å²) in [6.45, 7) is 2.27. The first-order chi connectivity index (χ1) is 11.8. The summed E-state index contributed by atoms with van der Waals surface area (Å²) in [5.41, 5.74) is 0.998. The van der Waals surface area contributed by atoms with E-state index in [0.717, 1.165) is 22.2 Å². The van der Waals surface area contributed by atoms with E-state index < -0.39 is 11.6 Å². The Kier molecular flexibility index (Phi) is 6.75. The van der Waals surface area contributed by atoms with Crippen LogP contribution in [0.3, 0.4) is 0 Å². The number of halogens is 3. The van der Waals surface area contributed by atoms with Crippen molar-refractivity contribution in [3.8, 4) is 5.75 Å². The Bertz CT molecular complexity index is 726. The Labute approximate surface area is 153 Å². The molecule has 4 nitrogen and oxygen atoms in total. The van der Waals surface area contributed by atoms with Crippen LogP contribution in [0, 0.1) is 11.6 Å². The van der Waals surface area contributed by atoms with Crippen LogP contribution in [0.5, 0.6) is 5.75 Å². The van der Waals surface area contributed by atoms with Gasteiger partial charge in [-0.15, -0.1) is 0 Å². The number of amides is 2. The van der Waals surface area contributed by atoms with Crippen molar-refractivity contribution >= 4 is 22.0 Å². The molecule has 0 spiro atoms. The fourth-order valence-electron chi connectivity index (χ4n) is 2.11. The topological polar surface area (TPSA) is 41.6 Å². The number of urea groups is 1. The SMILES string of the molecule is CC(COc1ccc(F)cc1F)NC(=O)N(C)Cc1ccc(Br)cc1. The predicted molar refractivity (Wildman–Crippen MR) is 95.5 cm³/mol. The third-order valence-electron chi connectivity index (χ3n) is 3.43. The summed E-state index contributed by atoms with van der Waals surface area (Å²) in [4.78, 5) is 13.7. The van der Waals surface area contributed by atoms with Gasteiger partial charge in [-0.1, -0.05) is 28.1 Å². The van der Waals surface area contributed by atoms with Crippen LogP contribution in [0.15, 0.2) is 46.9 Å². The van der Waals surface area contributed by atoms with Gasteiger partial charge >= 0.3 is 6.03 Å². The second kappa shape index (κ2) is 8.80. The molecule has 1 unspecified atom stereocenters. The van der Waals surface area contributed by atoms with E-state index in [9.17, 15) is 13.6 Å². The molecule has 0 aliphatic rings. The Morgan fingerprint density at radius 3 is 2.56 bits per heavy atom. The molecule has 2 amide bonds. The molecule has 7 heteroatoms. The van der Waals surface area contributed by atoms with Gasteiger partial charge in [0.25, 0.3) is 0 Å². The first kappa shape index (κ1) is 19.2. The highest BCUT2D eigenvalue weighted by Gasteiger charge is 2.14. The lowest BCUT2D eigenvalue weighted by Crippen LogP contribution is -2.43. The molecule has 2 rings (SSSR count). The highest BCUT2D eigenvalue weighted by Crippen LogP contribution is 2.17. The summed E-state index contributed by atoms with van der Waals surface area (Å²) in [7, 11) is 1.69. The molecule has 0 aliphatic heterocycles. The van der Waals surface area contributed by atoms with Gasteiger partial charge in [-0.25, -0.2) is 13.6 Å². The molecule has 0 saturated carbocycles. The van der Waals surface area contributed by atoms with E-state index in [1.54, 1.807) is 14.0 Å². The number of nitrogens with one attached hydrogen (secondary N) is 1. The summed E-state index contributed by atoms with van der Waals surface area (Å²) < 4.78 is 32.6. The molecule has 0 radical (unpaired) electrons. The lowest BCUT2D eigenvalue weighted by molar-refractivity contribution is 0.194. The molecule has 0 fully saturated rings. The first-order valence-electron chi connectivity index (χ1n) is 7.69. The van der Waals surface area contributed by atoms with Crippen LogP contribution in [-0.2, 0) is 6.54 Å². The quantitative estimate of drug-likeness (QED) is 0.766. The van der Waals surface area contributed by atoms with Crippen molar-refractivity contribution in [1.82, 2.24) is 10.2 Å². The Balaban J connectivity index is 1.81. The monoisotopic (exact) mass is 412 g/mol. The summed E-state index contributed by atoms with van der Waals surface area (Å²) in [5.74, 6) is -1.49. The molecule has 0 aromatic heterocycles. The maximum atomic E-state index is 13.5. The third-order valence-corrected chi connectivity index (χ3v) is 3.96. The molecule has 0 aliphatic carbocycles. The van der Waals surface area contributed by atoms with Crippen LogP contribution in [0.1, 0.15) is 12.5 Å². The number of carbonyl (C=O) groups is 1. The van der Waals surface area contributed by atoms with Gasteiger partial charge in [-0.05, 0) is 36.8 Å². The smallest absolute Gasteiger partial charge is 0.317 e. The number of hydrogen-bond donors (Lipinski definition) is 1. The molecule has 134 valence electrons. The van der Waals surface area contributed by atoms with Crippen molar-refractivity contribution in [1.29, 1.82) is 0 Å². The Morgan fingerprint density at radius 1 is 1.24 bits per heavy atom. The van der Waals surface area contributed by atoms with Gasteiger partial charge in [0.1, 0.15) is 12.4 Å². The van der Waals surface area contributed by atoms with Crippen LogP contribution < -0.4 is 10.1 Å². The van der Waals surface area contributed by atoms with E-state index in [-0.39, 0.29) is 24.4 Å². The van der Waals surface area contributed by atoms with Gasteiger partial charge in [-0.2, -0.15) is 0 Å². The van der Waals surface area contributed by atoms with Crippen molar-refractivity contribution in [3.05, 3.63) is 64.1 Å². The molecular weight excluding hydrogens is 394 g/mol. The zero-order chi connectivity index (χ0) is 18.4. The summed E-state index contributed by atoms with van der Waals surface area (Å²) in [6, 6.07) is 10.2. The molecule has 0 heterocycles. The normalized spacial score (nSPS) is 11.7. The average Bonchev–Trinajstić information content (AvgIpc) is 2.56. The lowest BCUT2D eigenvalue weighted by Gasteiger charge is -2.21. The maximum Gasteiger partial charge on any atom is 0.317 e. The van der Waals surface area contributed by atoms with Gasteiger partial charge in [-0.3, -0.25) is 0 Å². The molecule has 2 aromatic carbocycles. The number of rotatable bonds is 6. The molecule has 25 heavy (non-hydrogen) atoms. The zero-order valence-corrected chi connectivity index (χ0v) is 15.5. The highest BCUT2D eigenvalue weighted by molar-refractivity contribution is 9.10. The van der Waals surface area contributed by atoms with E-state index >= 15 is 0 Å². The van der Waals surface area contributed by atoms with Crippen LogP contribution >= 0.6 is 15.9 Å². The standard InChI is InChI=1S/C18H19BrF2N2O2/c1-12(11-25-17-8-7-15(20)9-16(17)21)22-18(24)23(2)10-13-3-5-14(19)6-4-13/h3-9,12H,10-11H2,1-2H3,(H,22,24). The number of hydrogen-bond acceptors (Lipinski definition) is 2. The fourth-order valence-corrected chi connectivity index (χ4v) is 2.37. The number of carbonyl (C=O) groups excluding carboxylic acids is 1. The van der Waals surface area contributed by atoms with E-state index in [1.165, 1.54) is 11.0 Å². The van der Waals surface area contributed by atoms with Crippen molar-refractivity contribution in [2.75, 3.05) is 13.7 Å². The minimum absolute atomic E-state index is 0.0503. The second-order valence-electron chi connectivity index (χ2n) is 5.72. The summed E-state index contributed by atoms with van der Waals surface area (Å²) in [6.07, 6.45) is 0. The lowest BCUT2D eigenvalue weighted by atomic mass is 10.2. The Hall–Kier alpha value is -2.15. The molecular formula is C18H19BrF2N2O2. The molecule has 1 N–H and O–H groups in total. The Morgan fingerprint density at radius 2 is 1.92 bits per heavy atom. The van der Waals surface area contributed by atoms with Crippen LogP contribution in [0.25, 0.3) is 0 Å². The largest absolute Gasteiger partial charge is 0.488 e. The van der Waals surface area contributed by atoms with Gasteiger partial charge in [0.15, 0.2) is 11.6 Å². The van der Waals surface area contributed by atoms with Crippen molar-refractivity contribution in [3.63, 3.8) is 0 Å². The van der Waals surface area contributed by atoms with E-state index in [0.29, 0.717) is 6.54 Å². The van der Waals surface area contributed by atoms with Crippen LogP contribution in [-0.4, -0.2) is 30.6 Å². The van der Waals surface area contributed by atoms with Gasteiger partial charge < -0.3 is 15.0 Å². The minimum atomic E-state index is -0.772. The maximum absolute atomic E-state index is 13.5. The number of ether oxygens (including phenoxy) is 1. The third kappa shape index (κ3) is 6.01. The molecule has 1 atom stereocenters. The van der Waals surface area contributed by atoms with Gasteiger partial charge in [0.05, 0.1) is 6.04 Å². The predicted octanol–water partition coefficient (Wildman–Crippen LogP) is 4.34. The van der Waals surface area contributed by atoms with Crippen LogP contribution in [0.4, 0.5) is 13.6 Å². The number of nitrogens with zero attached hydrogens (tertiary/aromatic N) is 1. The van der Waals surface area contributed by atoms with Gasteiger partial charge in [0, 0.05) is 24.1 Å². The second-order valence-corrected chi connectivity index (χ2v) is 6.63.